The van der Waals surface area contributed by atoms with E-state index in [2.05, 4.69) is 10.0 Å². The molecule has 0 spiro atoms. The molecule has 1 rings (SSSR count). The standard InChI is InChI=1S/C12H17FN2O4S/c1-9(12(17)14-7-2-8-16)15-20(18,19)11-5-3-10(13)4-6-11/h3-6,9,15-16H,2,7-8H2,1H3,(H,14,17). The summed E-state index contributed by atoms with van der Waals surface area (Å²) in [6, 6.07) is 3.33. The number of amides is 1. The van der Waals surface area contributed by atoms with E-state index >= 15 is 0 Å². The van der Waals surface area contributed by atoms with Crippen molar-refractivity contribution < 1.29 is 22.7 Å². The zero-order valence-corrected chi connectivity index (χ0v) is 11.8. The molecule has 0 bridgehead atoms. The van der Waals surface area contributed by atoms with Gasteiger partial charge in [0, 0.05) is 13.2 Å². The van der Waals surface area contributed by atoms with E-state index in [-0.39, 0.29) is 18.0 Å². The lowest BCUT2D eigenvalue weighted by Crippen LogP contribution is -2.45. The summed E-state index contributed by atoms with van der Waals surface area (Å²) < 4.78 is 38.8. The molecule has 0 saturated heterocycles. The Balaban J connectivity index is 2.66. The number of sulfonamides is 1. The third kappa shape index (κ3) is 4.87. The van der Waals surface area contributed by atoms with Crippen molar-refractivity contribution in [3.05, 3.63) is 30.1 Å². The molecule has 0 radical (unpaired) electrons. The molecule has 1 aromatic carbocycles. The van der Waals surface area contributed by atoms with Crippen LogP contribution < -0.4 is 10.0 Å². The quantitative estimate of drug-likeness (QED) is 0.617. The van der Waals surface area contributed by atoms with E-state index in [4.69, 9.17) is 5.11 Å². The first-order chi connectivity index (χ1) is 9.36. The molecule has 0 aliphatic rings. The lowest BCUT2D eigenvalue weighted by molar-refractivity contribution is -0.122. The fraction of sp³-hybridized carbons (Fsp3) is 0.417. The summed E-state index contributed by atoms with van der Waals surface area (Å²) in [7, 11) is -3.88. The van der Waals surface area contributed by atoms with Crippen LogP contribution in [0.2, 0.25) is 0 Å². The topological polar surface area (TPSA) is 95.5 Å². The summed E-state index contributed by atoms with van der Waals surface area (Å²) in [6.45, 7) is 1.60. The Morgan fingerprint density at radius 1 is 1.35 bits per heavy atom. The fourth-order valence-electron chi connectivity index (χ4n) is 1.41. The number of rotatable bonds is 7. The van der Waals surface area contributed by atoms with Gasteiger partial charge in [-0.25, -0.2) is 12.8 Å². The molecular weight excluding hydrogens is 287 g/mol. The summed E-state index contributed by atoms with van der Waals surface area (Å²) in [5.41, 5.74) is 0. The lowest BCUT2D eigenvalue weighted by atomic mass is 10.3. The van der Waals surface area contributed by atoms with Crippen LogP contribution >= 0.6 is 0 Å². The van der Waals surface area contributed by atoms with Gasteiger partial charge in [0.2, 0.25) is 15.9 Å². The zero-order chi connectivity index (χ0) is 15.2. The summed E-state index contributed by atoms with van der Waals surface area (Å²) >= 11 is 0. The molecule has 8 heteroatoms. The number of hydrogen-bond acceptors (Lipinski definition) is 4. The second-order valence-electron chi connectivity index (χ2n) is 4.17. The number of aliphatic hydroxyl groups is 1. The first-order valence-electron chi connectivity index (χ1n) is 6.03. The Morgan fingerprint density at radius 3 is 2.50 bits per heavy atom. The average molecular weight is 304 g/mol. The monoisotopic (exact) mass is 304 g/mol. The van der Waals surface area contributed by atoms with Gasteiger partial charge in [0.05, 0.1) is 10.9 Å². The molecule has 1 unspecified atom stereocenters. The molecule has 6 nitrogen and oxygen atoms in total. The predicted molar refractivity (Wildman–Crippen MR) is 70.9 cm³/mol. The van der Waals surface area contributed by atoms with E-state index in [0.717, 1.165) is 24.3 Å². The van der Waals surface area contributed by atoms with Gasteiger partial charge >= 0.3 is 0 Å². The van der Waals surface area contributed by atoms with Crippen molar-refractivity contribution in [2.75, 3.05) is 13.2 Å². The zero-order valence-electron chi connectivity index (χ0n) is 11.0. The minimum absolute atomic E-state index is 0.0596. The van der Waals surface area contributed by atoms with Gasteiger partial charge in [-0.3, -0.25) is 4.79 Å². The largest absolute Gasteiger partial charge is 0.396 e. The summed E-state index contributed by atoms with van der Waals surface area (Å²) in [6.07, 6.45) is 0.392. The van der Waals surface area contributed by atoms with Crippen LogP contribution in [0.25, 0.3) is 0 Å². The third-order valence-electron chi connectivity index (χ3n) is 2.48. The first-order valence-corrected chi connectivity index (χ1v) is 7.51. The molecule has 0 heterocycles. The van der Waals surface area contributed by atoms with Gasteiger partial charge in [0.1, 0.15) is 5.82 Å². The Hall–Kier alpha value is -1.51. The van der Waals surface area contributed by atoms with E-state index in [0.29, 0.717) is 6.42 Å². The SMILES string of the molecule is CC(NS(=O)(=O)c1ccc(F)cc1)C(=O)NCCCO. The van der Waals surface area contributed by atoms with E-state index in [1.807, 2.05) is 0 Å². The minimum atomic E-state index is -3.88. The molecule has 1 aromatic rings. The molecule has 0 aromatic heterocycles. The van der Waals surface area contributed by atoms with E-state index < -0.39 is 27.8 Å². The fourth-order valence-corrected chi connectivity index (χ4v) is 2.61. The van der Waals surface area contributed by atoms with Gasteiger partial charge in [0.15, 0.2) is 0 Å². The molecule has 0 fully saturated rings. The van der Waals surface area contributed by atoms with Gasteiger partial charge in [-0.05, 0) is 37.6 Å². The van der Waals surface area contributed by atoms with Crippen LogP contribution in [0.3, 0.4) is 0 Å². The van der Waals surface area contributed by atoms with Crippen LogP contribution in [0.4, 0.5) is 4.39 Å². The maximum atomic E-state index is 12.7. The van der Waals surface area contributed by atoms with E-state index in [1.54, 1.807) is 0 Å². The molecule has 0 aliphatic heterocycles. The normalized spacial score (nSPS) is 12.9. The smallest absolute Gasteiger partial charge is 0.241 e. The number of nitrogens with one attached hydrogen (secondary N) is 2. The number of benzene rings is 1. The van der Waals surface area contributed by atoms with Crippen molar-refractivity contribution >= 4 is 15.9 Å². The summed E-state index contributed by atoms with van der Waals surface area (Å²) in [5, 5.41) is 11.1. The molecular formula is C12H17FN2O4S. The molecule has 0 saturated carbocycles. The van der Waals surface area contributed by atoms with Crippen LogP contribution in [-0.4, -0.2) is 38.6 Å². The van der Waals surface area contributed by atoms with Crippen molar-refractivity contribution in [1.29, 1.82) is 0 Å². The number of carbonyl (C=O) groups excluding carboxylic acids is 1. The van der Waals surface area contributed by atoms with Crippen LogP contribution in [0, 0.1) is 5.82 Å². The number of carbonyl (C=O) groups is 1. The van der Waals surface area contributed by atoms with Crippen LogP contribution in [0.1, 0.15) is 13.3 Å². The molecule has 1 atom stereocenters. The van der Waals surface area contributed by atoms with Gasteiger partial charge in [-0.2, -0.15) is 4.72 Å². The Bertz CT molecular complexity index is 545. The van der Waals surface area contributed by atoms with Gasteiger partial charge in [-0.1, -0.05) is 0 Å². The highest BCUT2D eigenvalue weighted by Crippen LogP contribution is 2.10. The maximum Gasteiger partial charge on any atom is 0.241 e. The third-order valence-corrected chi connectivity index (χ3v) is 4.04. The molecule has 0 aliphatic carbocycles. The number of aliphatic hydroxyl groups excluding tert-OH is 1. The lowest BCUT2D eigenvalue weighted by Gasteiger charge is -2.14. The Morgan fingerprint density at radius 2 is 1.95 bits per heavy atom. The summed E-state index contributed by atoms with van der Waals surface area (Å²) in [5.74, 6) is -1.04. The molecule has 3 N–H and O–H groups in total. The molecule has 112 valence electrons. The average Bonchev–Trinajstić information content (AvgIpc) is 2.38. The highest BCUT2D eigenvalue weighted by molar-refractivity contribution is 7.89. The minimum Gasteiger partial charge on any atom is -0.396 e. The number of hydrogen-bond donors (Lipinski definition) is 3. The van der Waals surface area contributed by atoms with Crippen LogP contribution in [-0.2, 0) is 14.8 Å². The first kappa shape index (κ1) is 16.5. The highest BCUT2D eigenvalue weighted by Gasteiger charge is 2.21. The van der Waals surface area contributed by atoms with Crippen molar-refractivity contribution in [3.63, 3.8) is 0 Å². The predicted octanol–water partition coefficient (Wildman–Crippen LogP) is -0.00890. The highest BCUT2D eigenvalue weighted by atomic mass is 32.2. The Labute approximate surface area is 117 Å². The van der Waals surface area contributed by atoms with Crippen LogP contribution in [0.15, 0.2) is 29.2 Å². The van der Waals surface area contributed by atoms with Crippen molar-refractivity contribution in [2.45, 2.75) is 24.3 Å². The van der Waals surface area contributed by atoms with Crippen LogP contribution in [0.5, 0.6) is 0 Å². The van der Waals surface area contributed by atoms with Gasteiger partial charge in [-0.15, -0.1) is 0 Å². The van der Waals surface area contributed by atoms with E-state index in [9.17, 15) is 17.6 Å². The second kappa shape index (κ2) is 7.32. The molecule has 20 heavy (non-hydrogen) atoms. The maximum absolute atomic E-state index is 12.7. The van der Waals surface area contributed by atoms with Crippen molar-refractivity contribution in [2.24, 2.45) is 0 Å². The Kier molecular flexibility index (Phi) is 6.05. The number of halogens is 1. The second-order valence-corrected chi connectivity index (χ2v) is 5.88. The summed E-state index contributed by atoms with van der Waals surface area (Å²) in [4.78, 5) is 11.5. The van der Waals surface area contributed by atoms with Crippen molar-refractivity contribution in [1.82, 2.24) is 10.0 Å². The van der Waals surface area contributed by atoms with Crippen molar-refractivity contribution in [3.8, 4) is 0 Å². The van der Waals surface area contributed by atoms with Gasteiger partial charge < -0.3 is 10.4 Å². The van der Waals surface area contributed by atoms with Gasteiger partial charge in [0.25, 0.3) is 0 Å². The molecule has 1 amide bonds. The van der Waals surface area contributed by atoms with E-state index in [1.165, 1.54) is 6.92 Å².